The van der Waals surface area contributed by atoms with Gasteiger partial charge >= 0.3 is 5.97 Å². The van der Waals surface area contributed by atoms with Crippen molar-refractivity contribution in [3.8, 4) is 5.75 Å². The lowest BCUT2D eigenvalue weighted by atomic mass is 10.1. The Hall–Kier alpha value is -1.55. The van der Waals surface area contributed by atoms with E-state index in [4.69, 9.17) is 9.84 Å². The van der Waals surface area contributed by atoms with E-state index in [2.05, 4.69) is 11.8 Å². The van der Waals surface area contributed by atoms with E-state index in [1.807, 2.05) is 31.3 Å². The van der Waals surface area contributed by atoms with Crippen molar-refractivity contribution in [2.45, 2.75) is 25.8 Å². The maximum Gasteiger partial charge on any atom is 0.303 e. The van der Waals surface area contributed by atoms with Gasteiger partial charge in [0.15, 0.2) is 0 Å². The van der Waals surface area contributed by atoms with Crippen molar-refractivity contribution in [3.63, 3.8) is 0 Å². The van der Waals surface area contributed by atoms with Gasteiger partial charge in [-0.2, -0.15) is 0 Å². The first-order valence-electron chi connectivity index (χ1n) is 6.10. The molecular weight excluding hydrogens is 230 g/mol. The van der Waals surface area contributed by atoms with Crippen LogP contribution in [-0.2, 0) is 4.79 Å². The second-order valence-corrected chi connectivity index (χ2v) is 4.43. The van der Waals surface area contributed by atoms with E-state index in [1.165, 1.54) is 5.56 Å². The molecule has 1 atom stereocenters. The summed E-state index contributed by atoms with van der Waals surface area (Å²) < 4.78 is 5.12. The highest BCUT2D eigenvalue weighted by Crippen LogP contribution is 2.21. The van der Waals surface area contributed by atoms with Gasteiger partial charge in [-0.25, -0.2) is 0 Å². The van der Waals surface area contributed by atoms with Gasteiger partial charge in [-0.15, -0.1) is 0 Å². The zero-order chi connectivity index (χ0) is 13.5. The van der Waals surface area contributed by atoms with Gasteiger partial charge < -0.3 is 9.84 Å². The van der Waals surface area contributed by atoms with Gasteiger partial charge in [-0.05, 0) is 44.6 Å². The van der Waals surface area contributed by atoms with Crippen molar-refractivity contribution < 1.29 is 14.6 Å². The molecule has 1 N–H and O–H groups in total. The molecule has 0 aliphatic rings. The van der Waals surface area contributed by atoms with Crippen LogP contribution in [0, 0.1) is 0 Å². The van der Waals surface area contributed by atoms with Gasteiger partial charge in [0.05, 0.1) is 7.11 Å². The monoisotopic (exact) mass is 251 g/mol. The van der Waals surface area contributed by atoms with E-state index in [0.29, 0.717) is 6.42 Å². The summed E-state index contributed by atoms with van der Waals surface area (Å²) in [5, 5.41) is 8.61. The lowest BCUT2D eigenvalue weighted by Crippen LogP contribution is -2.24. The Morgan fingerprint density at radius 3 is 2.50 bits per heavy atom. The molecule has 0 aromatic heterocycles. The van der Waals surface area contributed by atoms with E-state index in [-0.39, 0.29) is 12.5 Å². The summed E-state index contributed by atoms with van der Waals surface area (Å²) in [6.45, 7) is 2.89. The molecule has 100 valence electrons. The highest BCUT2D eigenvalue weighted by molar-refractivity contribution is 5.66. The predicted molar refractivity (Wildman–Crippen MR) is 70.9 cm³/mol. The summed E-state index contributed by atoms with van der Waals surface area (Å²) in [5.74, 6) is 0.111. The molecule has 18 heavy (non-hydrogen) atoms. The van der Waals surface area contributed by atoms with Crippen LogP contribution in [0.3, 0.4) is 0 Å². The minimum Gasteiger partial charge on any atom is -0.497 e. The fourth-order valence-electron chi connectivity index (χ4n) is 1.81. The first-order chi connectivity index (χ1) is 8.54. The Bertz CT molecular complexity index is 375. The number of hydrogen-bond donors (Lipinski definition) is 1. The average Bonchev–Trinajstić information content (AvgIpc) is 2.37. The van der Waals surface area contributed by atoms with Crippen molar-refractivity contribution in [3.05, 3.63) is 29.8 Å². The molecule has 0 bridgehead atoms. The van der Waals surface area contributed by atoms with Crippen molar-refractivity contribution in [2.75, 3.05) is 20.7 Å². The molecule has 1 aromatic rings. The third kappa shape index (κ3) is 4.37. The van der Waals surface area contributed by atoms with Crippen LogP contribution in [-0.4, -0.2) is 36.7 Å². The van der Waals surface area contributed by atoms with E-state index < -0.39 is 5.97 Å². The van der Waals surface area contributed by atoms with Gasteiger partial charge in [0, 0.05) is 12.5 Å². The number of nitrogens with zero attached hydrogens (tertiary/aromatic N) is 1. The quantitative estimate of drug-likeness (QED) is 0.809. The molecule has 1 rings (SSSR count). The minimum absolute atomic E-state index is 0.222. The van der Waals surface area contributed by atoms with Crippen molar-refractivity contribution in [2.24, 2.45) is 0 Å². The Labute approximate surface area is 108 Å². The average molecular weight is 251 g/mol. The number of aliphatic carboxylic acids is 1. The summed E-state index contributed by atoms with van der Waals surface area (Å²) in [6, 6.07) is 8.23. The van der Waals surface area contributed by atoms with Crippen LogP contribution in [0.25, 0.3) is 0 Å². The zero-order valence-corrected chi connectivity index (χ0v) is 11.2. The topological polar surface area (TPSA) is 49.8 Å². The smallest absolute Gasteiger partial charge is 0.303 e. The SMILES string of the molecule is COc1ccc(C(C)N(C)CCCC(=O)O)cc1. The van der Waals surface area contributed by atoms with Gasteiger partial charge in [0.2, 0.25) is 0 Å². The number of rotatable bonds is 7. The van der Waals surface area contributed by atoms with Crippen molar-refractivity contribution in [1.82, 2.24) is 4.90 Å². The second-order valence-electron chi connectivity index (χ2n) is 4.43. The van der Waals surface area contributed by atoms with Crippen LogP contribution in [0.2, 0.25) is 0 Å². The third-order valence-electron chi connectivity index (χ3n) is 3.16. The van der Waals surface area contributed by atoms with Crippen molar-refractivity contribution >= 4 is 5.97 Å². The molecule has 4 heteroatoms. The number of carboxylic acid groups (broad SMARTS) is 1. The van der Waals surface area contributed by atoms with Crippen LogP contribution in [0.15, 0.2) is 24.3 Å². The summed E-state index contributed by atoms with van der Waals surface area (Å²) in [7, 11) is 3.66. The lowest BCUT2D eigenvalue weighted by molar-refractivity contribution is -0.137. The number of benzene rings is 1. The van der Waals surface area contributed by atoms with Gasteiger partial charge in [0.1, 0.15) is 5.75 Å². The second kappa shape index (κ2) is 7.01. The van der Waals surface area contributed by atoms with Crippen LogP contribution in [0.1, 0.15) is 31.4 Å². The molecule has 1 aromatic carbocycles. The summed E-state index contributed by atoms with van der Waals surface area (Å²) in [5.41, 5.74) is 1.20. The maximum absolute atomic E-state index is 10.5. The number of methoxy groups -OCH3 is 1. The number of carbonyl (C=O) groups is 1. The molecule has 0 saturated heterocycles. The van der Waals surface area contributed by atoms with E-state index in [0.717, 1.165) is 12.3 Å². The molecule has 0 heterocycles. The number of carboxylic acids is 1. The molecule has 0 spiro atoms. The van der Waals surface area contributed by atoms with Crippen LogP contribution in [0.5, 0.6) is 5.75 Å². The normalized spacial score (nSPS) is 12.4. The summed E-state index contributed by atoms with van der Waals surface area (Å²) >= 11 is 0. The molecule has 1 unspecified atom stereocenters. The predicted octanol–water partition coefficient (Wildman–Crippen LogP) is 2.55. The number of hydrogen-bond acceptors (Lipinski definition) is 3. The van der Waals surface area contributed by atoms with E-state index in [1.54, 1.807) is 7.11 Å². The number of ether oxygens (including phenoxy) is 1. The maximum atomic E-state index is 10.5. The highest BCUT2D eigenvalue weighted by Gasteiger charge is 2.11. The Morgan fingerprint density at radius 2 is 2.00 bits per heavy atom. The zero-order valence-electron chi connectivity index (χ0n) is 11.2. The molecule has 0 amide bonds. The Balaban J connectivity index is 2.51. The lowest BCUT2D eigenvalue weighted by Gasteiger charge is -2.25. The van der Waals surface area contributed by atoms with Gasteiger partial charge in [-0.3, -0.25) is 9.69 Å². The van der Waals surface area contributed by atoms with Gasteiger partial charge in [-0.1, -0.05) is 12.1 Å². The van der Waals surface area contributed by atoms with Crippen molar-refractivity contribution in [1.29, 1.82) is 0 Å². The molecule has 0 fully saturated rings. The van der Waals surface area contributed by atoms with Crippen LogP contribution >= 0.6 is 0 Å². The molecule has 0 saturated carbocycles. The summed E-state index contributed by atoms with van der Waals surface area (Å²) in [6.07, 6.45) is 0.895. The molecule has 0 radical (unpaired) electrons. The summed E-state index contributed by atoms with van der Waals surface area (Å²) in [4.78, 5) is 12.6. The fourth-order valence-corrected chi connectivity index (χ4v) is 1.81. The van der Waals surface area contributed by atoms with E-state index >= 15 is 0 Å². The first kappa shape index (κ1) is 14.5. The Kier molecular flexibility index (Phi) is 5.65. The largest absolute Gasteiger partial charge is 0.497 e. The van der Waals surface area contributed by atoms with Gasteiger partial charge in [0.25, 0.3) is 0 Å². The standard InChI is InChI=1S/C14H21NO3/c1-11(15(2)10-4-5-14(16)17)12-6-8-13(18-3)9-7-12/h6-9,11H,4-5,10H2,1-3H3,(H,16,17). The van der Waals surface area contributed by atoms with Crippen LogP contribution in [0.4, 0.5) is 0 Å². The Morgan fingerprint density at radius 1 is 1.39 bits per heavy atom. The molecular formula is C14H21NO3. The molecule has 0 aliphatic carbocycles. The van der Waals surface area contributed by atoms with E-state index in [9.17, 15) is 4.79 Å². The molecule has 4 nitrogen and oxygen atoms in total. The first-order valence-corrected chi connectivity index (χ1v) is 6.10. The third-order valence-corrected chi connectivity index (χ3v) is 3.16. The fraction of sp³-hybridized carbons (Fsp3) is 0.500. The highest BCUT2D eigenvalue weighted by atomic mass is 16.5. The van der Waals surface area contributed by atoms with Crippen LogP contribution < -0.4 is 4.74 Å². The minimum atomic E-state index is -0.736. The molecule has 0 aliphatic heterocycles.